The first-order chi connectivity index (χ1) is 7.72. The first-order valence-electron chi connectivity index (χ1n) is 5.78. The summed E-state index contributed by atoms with van der Waals surface area (Å²) in [4.78, 5) is 11.2. The lowest BCUT2D eigenvalue weighted by molar-refractivity contribution is -0.143. The number of ether oxygens (including phenoxy) is 3. The lowest BCUT2D eigenvalue weighted by atomic mass is 10.4. The fraction of sp³-hybridized carbons (Fsp3) is 0.750. The first kappa shape index (κ1) is 15.0. The van der Waals surface area contributed by atoms with Crippen LogP contribution in [0.1, 0.15) is 33.1 Å². The van der Waals surface area contributed by atoms with Crippen LogP contribution in [0.25, 0.3) is 0 Å². The van der Waals surface area contributed by atoms with Gasteiger partial charge in [0.2, 0.25) is 0 Å². The molecule has 94 valence electrons. The molecule has 0 radical (unpaired) electrons. The molecular weight excluding hydrogens is 208 g/mol. The lowest BCUT2D eigenvalue weighted by Crippen LogP contribution is -2.13. The van der Waals surface area contributed by atoms with Crippen LogP contribution in [0.5, 0.6) is 0 Å². The van der Waals surface area contributed by atoms with Gasteiger partial charge in [0, 0.05) is 6.61 Å². The van der Waals surface area contributed by atoms with Gasteiger partial charge in [0.15, 0.2) is 5.76 Å². The van der Waals surface area contributed by atoms with Crippen LogP contribution < -0.4 is 0 Å². The van der Waals surface area contributed by atoms with E-state index in [1.807, 2.05) is 6.92 Å². The molecule has 0 spiro atoms. The molecule has 0 saturated carbocycles. The van der Waals surface area contributed by atoms with Crippen molar-refractivity contribution in [1.82, 2.24) is 0 Å². The number of carbonyl (C=O) groups is 1. The average Bonchev–Trinajstić information content (AvgIpc) is 2.30. The number of unbranched alkanes of at least 4 members (excludes halogenated alkanes) is 1. The summed E-state index contributed by atoms with van der Waals surface area (Å²) >= 11 is 0. The molecule has 4 nitrogen and oxygen atoms in total. The quantitative estimate of drug-likeness (QED) is 0.250. The number of carbonyl (C=O) groups excluding carboxylic acids is 1. The highest BCUT2D eigenvalue weighted by molar-refractivity contribution is 5.85. The van der Waals surface area contributed by atoms with E-state index in [9.17, 15) is 4.79 Å². The van der Waals surface area contributed by atoms with Gasteiger partial charge < -0.3 is 14.2 Å². The van der Waals surface area contributed by atoms with Gasteiger partial charge >= 0.3 is 5.97 Å². The Bertz CT molecular complexity index is 201. The largest absolute Gasteiger partial charge is 0.485 e. The van der Waals surface area contributed by atoms with Gasteiger partial charge in [-0.25, -0.2) is 4.79 Å². The van der Waals surface area contributed by atoms with Gasteiger partial charge in [-0.05, 0) is 19.4 Å². The van der Waals surface area contributed by atoms with Crippen molar-refractivity contribution in [2.45, 2.75) is 33.1 Å². The van der Waals surface area contributed by atoms with Gasteiger partial charge in [0.1, 0.15) is 6.61 Å². The maximum absolute atomic E-state index is 11.2. The Morgan fingerprint density at radius 1 is 1.00 bits per heavy atom. The van der Waals surface area contributed by atoms with Crippen LogP contribution >= 0.6 is 0 Å². The Hall–Kier alpha value is -1.03. The van der Waals surface area contributed by atoms with Gasteiger partial charge in [-0.1, -0.05) is 20.3 Å². The van der Waals surface area contributed by atoms with E-state index in [4.69, 9.17) is 14.2 Å². The summed E-state index contributed by atoms with van der Waals surface area (Å²) in [5.41, 5.74) is 0. The number of hydrogen-bond donors (Lipinski definition) is 0. The molecule has 0 heterocycles. The van der Waals surface area contributed by atoms with Crippen LogP contribution in [-0.4, -0.2) is 32.4 Å². The Morgan fingerprint density at radius 3 is 2.38 bits per heavy atom. The molecule has 0 aliphatic heterocycles. The molecule has 0 aromatic carbocycles. The molecule has 0 aromatic heterocycles. The van der Waals surface area contributed by atoms with Crippen LogP contribution in [0.3, 0.4) is 0 Å². The minimum Gasteiger partial charge on any atom is -0.485 e. The predicted molar refractivity (Wildman–Crippen MR) is 62.1 cm³/mol. The average molecular weight is 230 g/mol. The molecular formula is C12H22O4. The zero-order valence-corrected chi connectivity index (χ0v) is 10.3. The molecule has 4 heteroatoms. The van der Waals surface area contributed by atoms with Crippen molar-refractivity contribution in [2.75, 3.05) is 26.4 Å². The van der Waals surface area contributed by atoms with Crippen LogP contribution in [0, 0.1) is 0 Å². The summed E-state index contributed by atoms with van der Waals surface area (Å²) in [5, 5.41) is 0. The van der Waals surface area contributed by atoms with Crippen molar-refractivity contribution in [3.05, 3.63) is 12.3 Å². The summed E-state index contributed by atoms with van der Waals surface area (Å²) < 4.78 is 15.2. The second-order valence-electron chi connectivity index (χ2n) is 3.37. The SMILES string of the molecule is C=C(OCCOCCCC)C(=O)OCCC. The van der Waals surface area contributed by atoms with E-state index in [0.717, 1.165) is 25.9 Å². The minimum absolute atomic E-state index is 0.0486. The molecule has 0 fully saturated rings. The zero-order valence-electron chi connectivity index (χ0n) is 10.3. The highest BCUT2D eigenvalue weighted by Gasteiger charge is 2.08. The van der Waals surface area contributed by atoms with Crippen molar-refractivity contribution in [3.8, 4) is 0 Å². The van der Waals surface area contributed by atoms with Gasteiger partial charge in [-0.3, -0.25) is 0 Å². The number of hydrogen-bond acceptors (Lipinski definition) is 4. The maximum Gasteiger partial charge on any atom is 0.372 e. The normalized spacial score (nSPS) is 9.88. The fourth-order valence-electron chi connectivity index (χ4n) is 0.906. The molecule has 16 heavy (non-hydrogen) atoms. The molecule has 0 amide bonds. The van der Waals surface area contributed by atoms with E-state index in [-0.39, 0.29) is 5.76 Å². The fourth-order valence-corrected chi connectivity index (χ4v) is 0.906. The standard InChI is InChI=1S/C12H22O4/c1-4-6-8-14-9-10-15-11(3)12(13)16-7-5-2/h3-10H2,1-2H3. The molecule has 0 aromatic rings. The second-order valence-corrected chi connectivity index (χ2v) is 3.37. The molecule has 0 N–H and O–H groups in total. The molecule has 0 aliphatic carbocycles. The highest BCUT2D eigenvalue weighted by atomic mass is 16.6. The first-order valence-corrected chi connectivity index (χ1v) is 5.78. The Morgan fingerprint density at radius 2 is 1.75 bits per heavy atom. The summed E-state index contributed by atoms with van der Waals surface area (Å²) in [6.45, 7) is 9.46. The van der Waals surface area contributed by atoms with E-state index in [0.29, 0.717) is 19.8 Å². The Labute approximate surface area is 97.6 Å². The van der Waals surface area contributed by atoms with Crippen LogP contribution in [0.4, 0.5) is 0 Å². The van der Waals surface area contributed by atoms with Crippen molar-refractivity contribution >= 4 is 5.97 Å². The smallest absolute Gasteiger partial charge is 0.372 e. The third-order valence-corrected chi connectivity index (χ3v) is 1.81. The van der Waals surface area contributed by atoms with Gasteiger partial charge in [-0.2, -0.15) is 0 Å². The summed E-state index contributed by atoms with van der Waals surface area (Å²) in [6, 6.07) is 0. The van der Waals surface area contributed by atoms with E-state index in [1.165, 1.54) is 0 Å². The third kappa shape index (κ3) is 8.29. The van der Waals surface area contributed by atoms with Crippen LogP contribution in [0.15, 0.2) is 12.3 Å². The predicted octanol–water partition coefficient (Wildman–Crippen LogP) is 2.29. The Balaban J connectivity index is 3.39. The van der Waals surface area contributed by atoms with E-state index in [1.54, 1.807) is 0 Å². The third-order valence-electron chi connectivity index (χ3n) is 1.81. The van der Waals surface area contributed by atoms with Crippen molar-refractivity contribution in [2.24, 2.45) is 0 Å². The zero-order chi connectivity index (χ0) is 12.2. The maximum atomic E-state index is 11.2. The minimum atomic E-state index is -0.490. The Kier molecular flexibility index (Phi) is 9.81. The highest BCUT2D eigenvalue weighted by Crippen LogP contribution is 1.98. The van der Waals surface area contributed by atoms with E-state index >= 15 is 0 Å². The van der Waals surface area contributed by atoms with Crippen molar-refractivity contribution in [1.29, 1.82) is 0 Å². The lowest BCUT2D eigenvalue weighted by Gasteiger charge is -2.08. The van der Waals surface area contributed by atoms with Crippen LogP contribution in [-0.2, 0) is 19.0 Å². The van der Waals surface area contributed by atoms with Crippen molar-refractivity contribution in [3.63, 3.8) is 0 Å². The molecule has 0 aliphatic rings. The molecule has 0 unspecified atom stereocenters. The topological polar surface area (TPSA) is 44.8 Å². The second kappa shape index (κ2) is 10.5. The molecule has 0 bridgehead atoms. The van der Waals surface area contributed by atoms with Crippen LogP contribution in [0.2, 0.25) is 0 Å². The summed E-state index contributed by atoms with van der Waals surface area (Å²) in [7, 11) is 0. The van der Waals surface area contributed by atoms with E-state index < -0.39 is 5.97 Å². The molecule has 0 atom stereocenters. The number of rotatable bonds is 10. The van der Waals surface area contributed by atoms with E-state index in [2.05, 4.69) is 13.5 Å². The molecule has 0 saturated heterocycles. The molecule has 0 rings (SSSR count). The monoisotopic (exact) mass is 230 g/mol. The van der Waals surface area contributed by atoms with Crippen molar-refractivity contribution < 1.29 is 19.0 Å². The summed E-state index contributed by atoms with van der Waals surface area (Å²) in [6.07, 6.45) is 2.94. The van der Waals surface area contributed by atoms with Gasteiger partial charge in [0.25, 0.3) is 0 Å². The summed E-state index contributed by atoms with van der Waals surface area (Å²) in [5.74, 6) is -0.442. The van der Waals surface area contributed by atoms with Gasteiger partial charge in [0.05, 0.1) is 13.2 Å². The number of esters is 1. The van der Waals surface area contributed by atoms with Gasteiger partial charge in [-0.15, -0.1) is 0 Å².